The summed E-state index contributed by atoms with van der Waals surface area (Å²) in [6.45, 7) is 0.799. The Morgan fingerprint density at radius 3 is 1.76 bits per heavy atom. The number of nitrogens with one attached hydrogen (secondary N) is 3. The van der Waals surface area contributed by atoms with Gasteiger partial charge in [0.05, 0.1) is 13.1 Å². The fourth-order valence-electron chi connectivity index (χ4n) is 6.53. The highest BCUT2D eigenvalue weighted by Crippen LogP contribution is 2.49. The molecule has 10 heteroatoms. The molecule has 0 saturated heterocycles. The van der Waals surface area contributed by atoms with E-state index in [1.165, 1.54) is 0 Å². The number of hydrogen-bond donors (Lipinski definition) is 4. The maximum Gasteiger partial charge on any atom is 0.303 e. The van der Waals surface area contributed by atoms with Crippen LogP contribution in [0.3, 0.4) is 0 Å². The first kappa shape index (κ1) is 36.4. The van der Waals surface area contributed by atoms with Crippen LogP contribution in [0.2, 0.25) is 0 Å². The van der Waals surface area contributed by atoms with Gasteiger partial charge in [0.1, 0.15) is 6.04 Å². The van der Waals surface area contributed by atoms with Crippen molar-refractivity contribution in [1.29, 1.82) is 0 Å². The molecular weight excluding hydrogens is 646 g/mol. The summed E-state index contributed by atoms with van der Waals surface area (Å²) in [5, 5.41) is 16.5. The highest BCUT2D eigenvalue weighted by molar-refractivity contribution is 6.37. The molecule has 51 heavy (non-hydrogen) atoms. The van der Waals surface area contributed by atoms with Crippen LogP contribution < -0.4 is 16.0 Å². The summed E-state index contributed by atoms with van der Waals surface area (Å²) >= 11 is 0. The van der Waals surface area contributed by atoms with E-state index in [0.717, 1.165) is 33.4 Å². The van der Waals surface area contributed by atoms with Crippen LogP contribution in [0.5, 0.6) is 0 Å². The first-order valence-corrected chi connectivity index (χ1v) is 17.0. The molecule has 0 saturated carbocycles. The maximum absolute atomic E-state index is 14.3. The molecule has 4 aromatic carbocycles. The first-order valence-electron chi connectivity index (χ1n) is 17.0. The van der Waals surface area contributed by atoms with Gasteiger partial charge in [0.2, 0.25) is 17.6 Å². The Labute approximate surface area is 296 Å². The fourth-order valence-corrected chi connectivity index (χ4v) is 6.53. The Hall–Kier alpha value is -5.90. The lowest BCUT2D eigenvalue weighted by Crippen LogP contribution is -2.52. The van der Waals surface area contributed by atoms with E-state index >= 15 is 0 Å². The summed E-state index contributed by atoms with van der Waals surface area (Å²) in [7, 11) is 0. The van der Waals surface area contributed by atoms with Gasteiger partial charge in [0, 0.05) is 30.6 Å². The number of carbonyl (C=O) groups excluding carboxylic acids is 5. The van der Waals surface area contributed by atoms with Gasteiger partial charge in [0.25, 0.3) is 5.91 Å². The van der Waals surface area contributed by atoms with Gasteiger partial charge in [-0.3, -0.25) is 28.8 Å². The molecular formula is C41H41N3O7. The molecule has 0 aliphatic heterocycles. The molecule has 4 aromatic rings. The minimum atomic E-state index is -1.19. The van der Waals surface area contributed by atoms with E-state index < -0.39 is 59.8 Å². The summed E-state index contributed by atoms with van der Waals surface area (Å²) in [6.07, 6.45) is 0.337. The number of Topliss-reactive ketones (excluding diaryl/α,β-unsaturated/α-hetero) is 2. The number of carboxylic acids is 1. The average molecular weight is 688 g/mol. The molecule has 10 nitrogen and oxygen atoms in total. The predicted octanol–water partition coefficient (Wildman–Crippen LogP) is 4.26. The van der Waals surface area contributed by atoms with Crippen LogP contribution in [-0.4, -0.2) is 59.5 Å². The quantitative estimate of drug-likeness (QED) is 0.121. The number of carboxylic acid groups (broad SMARTS) is 1. The molecule has 0 bridgehead atoms. The second-order valence-corrected chi connectivity index (χ2v) is 12.8. The predicted molar refractivity (Wildman–Crippen MR) is 192 cm³/mol. The number of aliphatic carboxylic acids is 1. The minimum absolute atomic E-state index is 0.0609. The zero-order valence-corrected chi connectivity index (χ0v) is 28.3. The Morgan fingerprint density at radius 2 is 1.20 bits per heavy atom. The van der Waals surface area contributed by atoms with Crippen molar-refractivity contribution in [3.8, 4) is 11.1 Å². The van der Waals surface area contributed by atoms with Gasteiger partial charge in [-0.25, -0.2) is 0 Å². The second-order valence-electron chi connectivity index (χ2n) is 12.8. The third kappa shape index (κ3) is 9.42. The SMILES string of the molecule is C[C@H](CCC(=O)O)C(=O)CNC(=O)CNC(=O)[C@H](Cc1ccccc1)NC(=O)C(=O)C(Cc1ccccc1)C1c2ccccc2-c2ccccc21. The zero-order valence-electron chi connectivity index (χ0n) is 28.3. The van der Waals surface area contributed by atoms with E-state index in [1.807, 2.05) is 84.9 Å². The maximum atomic E-state index is 14.3. The van der Waals surface area contributed by atoms with E-state index in [9.17, 15) is 28.8 Å². The second kappa shape index (κ2) is 17.2. The number of fused-ring (bicyclic) bond motifs is 3. The lowest BCUT2D eigenvalue weighted by atomic mass is 9.78. The van der Waals surface area contributed by atoms with E-state index in [4.69, 9.17) is 5.11 Å². The summed E-state index contributed by atoms with van der Waals surface area (Å²) < 4.78 is 0. The number of amides is 3. The normalized spacial score (nSPS) is 13.5. The first-order chi connectivity index (χ1) is 24.6. The summed E-state index contributed by atoms with van der Waals surface area (Å²) in [5.74, 6) is -5.95. The van der Waals surface area contributed by atoms with Crippen LogP contribution in [-0.2, 0) is 41.6 Å². The summed E-state index contributed by atoms with van der Waals surface area (Å²) in [4.78, 5) is 77.5. The van der Waals surface area contributed by atoms with Gasteiger partial charge >= 0.3 is 5.97 Å². The molecule has 1 aliphatic rings. The van der Waals surface area contributed by atoms with Crippen molar-refractivity contribution in [2.24, 2.45) is 11.8 Å². The standard InChI is InChI=1S/C41H41N3O7/c1-26(20-21-37(47)48)35(45)24-42-36(46)25-43-40(50)34(23-28-14-6-3-7-15-28)44-41(51)39(49)33(22-27-12-4-2-5-13-27)38-31-18-10-8-16-29(31)30-17-9-11-19-32(30)38/h2-19,26,33-34,38H,20-25H2,1H3,(H,42,46)(H,43,50)(H,44,51)(H,47,48)/t26-,33?,34+/m1/s1. The van der Waals surface area contributed by atoms with E-state index in [2.05, 4.69) is 16.0 Å². The average Bonchev–Trinajstić information content (AvgIpc) is 3.48. The third-order valence-corrected chi connectivity index (χ3v) is 9.27. The zero-order chi connectivity index (χ0) is 36.3. The molecule has 262 valence electrons. The molecule has 0 spiro atoms. The highest BCUT2D eigenvalue weighted by atomic mass is 16.4. The monoisotopic (exact) mass is 687 g/mol. The van der Waals surface area contributed by atoms with Gasteiger partial charge in [-0.2, -0.15) is 0 Å². The van der Waals surface area contributed by atoms with Gasteiger partial charge in [0.15, 0.2) is 5.78 Å². The topological polar surface area (TPSA) is 159 Å². The lowest BCUT2D eigenvalue weighted by Gasteiger charge is -2.26. The Balaban J connectivity index is 1.32. The molecule has 1 aliphatic carbocycles. The van der Waals surface area contributed by atoms with Crippen molar-refractivity contribution in [3.63, 3.8) is 0 Å². The molecule has 0 heterocycles. The van der Waals surface area contributed by atoms with Crippen molar-refractivity contribution in [2.45, 2.75) is 44.6 Å². The van der Waals surface area contributed by atoms with Crippen LogP contribution in [0.4, 0.5) is 0 Å². The molecule has 3 atom stereocenters. The van der Waals surface area contributed by atoms with Crippen LogP contribution in [0.15, 0.2) is 109 Å². The third-order valence-electron chi connectivity index (χ3n) is 9.27. The molecule has 3 amide bonds. The van der Waals surface area contributed by atoms with Crippen LogP contribution in [0.25, 0.3) is 11.1 Å². The van der Waals surface area contributed by atoms with Crippen molar-refractivity contribution < 1.29 is 33.9 Å². The Kier molecular flexibility index (Phi) is 12.2. The van der Waals surface area contributed by atoms with Crippen molar-refractivity contribution in [1.82, 2.24) is 16.0 Å². The largest absolute Gasteiger partial charge is 0.481 e. The number of hydrogen-bond acceptors (Lipinski definition) is 6. The summed E-state index contributed by atoms with van der Waals surface area (Å²) in [5.41, 5.74) is 5.57. The van der Waals surface area contributed by atoms with E-state index in [-0.39, 0.29) is 31.6 Å². The number of carbonyl (C=O) groups is 6. The van der Waals surface area contributed by atoms with Crippen molar-refractivity contribution in [2.75, 3.05) is 13.1 Å². The molecule has 0 radical (unpaired) electrons. The lowest BCUT2D eigenvalue weighted by molar-refractivity contribution is -0.142. The van der Waals surface area contributed by atoms with Crippen LogP contribution in [0, 0.1) is 11.8 Å². The molecule has 0 aromatic heterocycles. The number of rotatable bonds is 17. The highest BCUT2D eigenvalue weighted by Gasteiger charge is 2.40. The van der Waals surface area contributed by atoms with Crippen LogP contribution in [0.1, 0.15) is 47.9 Å². The number of benzene rings is 4. The van der Waals surface area contributed by atoms with E-state index in [0.29, 0.717) is 6.42 Å². The molecule has 1 unspecified atom stereocenters. The van der Waals surface area contributed by atoms with Crippen molar-refractivity contribution >= 4 is 35.3 Å². The number of ketones is 2. The fraction of sp³-hybridized carbons (Fsp3) is 0.268. The molecule has 5 rings (SSSR count). The van der Waals surface area contributed by atoms with Crippen molar-refractivity contribution in [3.05, 3.63) is 131 Å². The van der Waals surface area contributed by atoms with Crippen LogP contribution >= 0.6 is 0 Å². The van der Waals surface area contributed by atoms with Gasteiger partial charge in [-0.1, -0.05) is 116 Å². The summed E-state index contributed by atoms with van der Waals surface area (Å²) in [6, 6.07) is 33.1. The molecule has 0 fully saturated rings. The molecule has 4 N–H and O–H groups in total. The van der Waals surface area contributed by atoms with E-state index in [1.54, 1.807) is 31.2 Å². The minimum Gasteiger partial charge on any atom is -0.481 e. The smallest absolute Gasteiger partial charge is 0.303 e. The Bertz CT molecular complexity index is 1850. The van der Waals surface area contributed by atoms with Gasteiger partial charge in [-0.15, -0.1) is 0 Å². The van der Waals surface area contributed by atoms with Gasteiger partial charge < -0.3 is 21.1 Å². The van der Waals surface area contributed by atoms with Gasteiger partial charge in [-0.05, 0) is 46.2 Å². The Morgan fingerprint density at radius 1 is 0.667 bits per heavy atom.